The van der Waals surface area contributed by atoms with E-state index in [0.29, 0.717) is 0 Å². The number of likely N-dealkylation sites (N-methyl/N-ethyl adjacent to an activating group) is 1. The van der Waals surface area contributed by atoms with Gasteiger partial charge >= 0.3 is 0 Å². The zero-order chi connectivity index (χ0) is 8.77. The van der Waals surface area contributed by atoms with Crippen LogP contribution in [0.25, 0.3) is 0 Å². The molecule has 2 fully saturated rings. The van der Waals surface area contributed by atoms with Gasteiger partial charge in [-0.2, -0.15) is 0 Å². The van der Waals surface area contributed by atoms with Gasteiger partial charge in [-0.15, -0.1) is 0 Å². The summed E-state index contributed by atoms with van der Waals surface area (Å²) in [5, 5.41) is 0. The summed E-state index contributed by atoms with van der Waals surface area (Å²) in [7, 11) is 2.22. The van der Waals surface area contributed by atoms with Gasteiger partial charge in [0, 0.05) is 19.0 Å². The van der Waals surface area contributed by atoms with Gasteiger partial charge in [-0.05, 0) is 19.4 Å². The molecule has 0 aliphatic carbocycles. The fraction of sp³-hybridized carbons (Fsp3) is 1.00. The molecule has 2 heterocycles. The Hall–Kier alpha value is -0.0800. The second-order valence-corrected chi connectivity index (χ2v) is 4.71. The lowest BCUT2D eigenvalue weighted by Gasteiger charge is -2.38. The highest BCUT2D eigenvalue weighted by atomic mass is 16.5. The molecule has 2 unspecified atom stereocenters. The van der Waals surface area contributed by atoms with Crippen LogP contribution < -0.4 is 0 Å². The largest absolute Gasteiger partial charge is 0.373 e. The smallest absolute Gasteiger partial charge is 0.0845 e. The van der Waals surface area contributed by atoms with Crippen molar-refractivity contribution in [1.82, 2.24) is 4.90 Å². The lowest BCUT2D eigenvalue weighted by Crippen LogP contribution is -2.45. The SMILES string of the molecule is CC(C)C1CC2(CCO2)CN1C. The Kier molecular flexibility index (Phi) is 1.92. The van der Waals surface area contributed by atoms with Crippen molar-refractivity contribution in [3.63, 3.8) is 0 Å². The van der Waals surface area contributed by atoms with E-state index in [9.17, 15) is 0 Å². The van der Waals surface area contributed by atoms with Crippen LogP contribution in [0.4, 0.5) is 0 Å². The molecule has 2 nitrogen and oxygen atoms in total. The molecular formula is C10H19NO. The van der Waals surface area contributed by atoms with E-state index in [2.05, 4.69) is 25.8 Å². The van der Waals surface area contributed by atoms with E-state index in [0.717, 1.165) is 25.1 Å². The van der Waals surface area contributed by atoms with Crippen LogP contribution in [0.1, 0.15) is 26.7 Å². The molecule has 2 aliphatic rings. The highest BCUT2D eigenvalue weighted by molar-refractivity contribution is 5.01. The standard InChI is InChI=1S/C10H19NO/c1-8(2)9-6-10(4-5-12-10)7-11(9)3/h8-9H,4-7H2,1-3H3. The molecule has 0 bridgehead atoms. The first kappa shape index (κ1) is 8.52. The maximum atomic E-state index is 5.69. The highest BCUT2D eigenvalue weighted by Gasteiger charge is 2.48. The first-order chi connectivity index (χ1) is 5.63. The highest BCUT2D eigenvalue weighted by Crippen LogP contribution is 2.40. The Morgan fingerprint density at radius 2 is 2.17 bits per heavy atom. The molecule has 0 radical (unpaired) electrons. The van der Waals surface area contributed by atoms with Gasteiger partial charge in [-0.3, -0.25) is 0 Å². The van der Waals surface area contributed by atoms with E-state index in [-0.39, 0.29) is 5.60 Å². The number of likely N-dealkylation sites (tertiary alicyclic amines) is 1. The van der Waals surface area contributed by atoms with Gasteiger partial charge in [-0.1, -0.05) is 13.8 Å². The van der Waals surface area contributed by atoms with E-state index in [1.54, 1.807) is 0 Å². The number of ether oxygens (including phenoxy) is 1. The zero-order valence-electron chi connectivity index (χ0n) is 8.34. The molecule has 2 aliphatic heterocycles. The Morgan fingerprint density at radius 1 is 1.50 bits per heavy atom. The third-order valence-corrected chi connectivity index (χ3v) is 3.42. The molecular weight excluding hydrogens is 150 g/mol. The van der Waals surface area contributed by atoms with E-state index in [4.69, 9.17) is 4.74 Å². The normalized spacial score (nSPS) is 42.5. The predicted molar refractivity (Wildman–Crippen MR) is 49.2 cm³/mol. The molecule has 0 amide bonds. The van der Waals surface area contributed by atoms with Crippen molar-refractivity contribution in [1.29, 1.82) is 0 Å². The first-order valence-electron chi connectivity index (χ1n) is 4.97. The number of nitrogens with zero attached hydrogens (tertiary/aromatic N) is 1. The van der Waals surface area contributed by atoms with Crippen molar-refractivity contribution in [2.45, 2.75) is 38.3 Å². The molecule has 0 saturated carbocycles. The van der Waals surface area contributed by atoms with E-state index in [1.165, 1.54) is 12.8 Å². The molecule has 0 aromatic carbocycles. The number of rotatable bonds is 1. The van der Waals surface area contributed by atoms with Crippen molar-refractivity contribution >= 4 is 0 Å². The van der Waals surface area contributed by atoms with Gasteiger partial charge < -0.3 is 9.64 Å². The minimum Gasteiger partial charge on any atom is -0.373 e. The van der Waals surface area contributed by atoms with E-state index in [1.807, 2.05) is 0 Å². The molecule has 2 heteroatoms. The Morgan fingerprint density at radius 3 is 2.42 bits per heavy atom. The van der Waals surface area contributed by atoms with Crippen LogP contribution in [0, 0.1) is 5.92 Å². The van der Waals surface area contributed by atoms with Crippen LogP contribution >= 0.6 is 0 Å². The van der Waals surface area contributed by atoms with Crippen LogP contribution in [0.2, 0.25) is 0 Å². The second kappa shape index (κ2) is 2.71. The summed E-state index contributed by atoms with van der Waals surface area (Å²) in [4.78, 5) is 2.46. The van der Waals surface area contributed by atoms with Crippen molar-refractivity contribution < 1.29 is 4.74 Å². The summed E-state index contributed by atoms with van der Waals surface area (Å²) in [6.45, 7) is 6.74. The van der Waals surface area contributed by atoms with E-state index < -0.39 is 0 Å². The summed E-state index contributed by atoms with van der Waals surface area (Å²) >= 11 is 0. The lowest BCUT2D eigenvalue weighted by molar-refractivity contribution is -0.137. The summed E-state index contributed by atoms with van der Waals surface area (Å²) in [6, 6.07) is 0.741. The molecule has 2 rings (SSSR count). The average Bonchev–Trinajstić information content (AvgIpc) is 2.26. The summed E-state index contributed by atoms with van der Waals surface area (Å²) in [6.07, 6.45) is 2.53. The molecule has 0 N–H and O–H groups in total. The summed E-state index contributed by atoms with van der Waals surface area (Å²) in [5.74, 6) is 0.763. The van der Waals surface area contributed by atoms with Crippen LogP contribution in [0.5, 0.6) is 0 Å². The minimum absolute atomic E-state index is 0.268. The fourth-order valence-corrected chi connectivity index (χ4v) is 2.59. The fourth-order valence-electron chi connectivity index (χ4n) is 2.59. The van der Waals surface area contributed by atoms with Crippen molar-refractivity contribution in [3.05, 3.63) is 0 Å². The Bertz CT molecular complexity index is 175. The van der Waals surface area contributed by atoms with Crippen LogP contribution in [0.3, 0.4) is 0 Å². The molecule has 70 valence electrons. The minimum atomic E-state index is 0.268. The Labute approximate surface area is 74.9 Å². The lowest BCUT2D eigenvalue weighted by atomic mass is 9.89. The quantitative estimate of drug-likeness (QED) is 0.590. The number of hydrogen-bond acceptors (Lipinski definition) is 2. The van der Waals surface area contributed by atoms with Crippen molar-refractivity contribution in [2.75, 3.05) is 20.2 Å². The maximum absolute atomic E-state index is 5.69. The van der Waals surface area contributed by atoms with Crippen molar-refractivity contribution in [2.24, 2.45) is 5.92 Å². The third kappa shape index (κ3) is 1.17. The van der Waals surface area contributed by atoms with Crippen LogP contribution in [-0.4, -0.2) is 36.7 Å². The van der Waals surface area contributed by atoms with Gasteiger partial charge in [0.2, 0.25) is 0 Å². The summed E-state index contributed by atoms with van der Waals surface area (Å²) in [5.41, 5.74) is 0.268. The van der Waals surface area contributed by atoms with E-state index >= 15 is 0 Å². The Balaban J connectivity index is 2.02. The topological polar surface area (TPSA) is 12.5 Å². The summed E-state index contributed by atoms with van der Waals surface area (Å²) < 4.78 is 5.69. The molecule has 0 aromatic rings. The van der Waals surface area contributed by atoms with Gasteiger partial charge in [0.25, 0.3) is 0 Å². The molecule has 2 atom stereocenters. The molecule has 12 heavy (non-hydrogen) atoms. The van der Waals surface area contributed by atoms with Crippen LogP contribution in [0.15, 0.2) is 0 Å². The van der Waals surface area contributed by atoms with Gasteiger partial charge in [-0.25, -0.2) is 0 Å². The molecule has 1 spiro atoms. The number of hydrogen-bond donors (Lipinski definition) is 0. The zero-order valence-corrected chi connectivity index (χ0v) is 8.34. The van der Waals surface area contributed by atoms with Gasteiger partial charge in [0.05, 0.1) is 12.2 Å². The second-order valence-electron chi connectivity index (χ2n) is 4.71. The van der Waals surface area contributed by atoms with Crippen molar-refractivity contribution in [3.8, 4) is 0 Å². The molecule has 2 saturated heterocycles. The first-order valence-corrected chi connectivity index (χ1v) is 4.97. The molecule has 0 aromatic heterocycles. The monoisotopic (exact) mass is 169 g/mol. The maximum Gasteiger partial charge on any atom is 0.0845 e. The van der Waals surface area contributed by atoms with Gasteiger partial charge in [0.15, 0.2) is 0 Å². The van der Waals surface area contributed by atoms with Gasteiger partial charge in [0.1, 0.15) is 0 Å². The predicted octanol–water partition coefficient (Wildman–Crippen LogP) is 1.51. The average molecular weight is 169 g/mol. The third-order valence-electron chi connectivity index (χ3n) is 3.42. The van der Waals surface area contributed by atoms with Crippen LogP contribution in [-0.2, 0) is 4.74 Å².